The lowest BCUT2D eigenvalue weighted by molar-refractivity contribution is -0.125. The van der Waals surface area contributed by atoms with Crippen LogP contribution in [-0.2, 0) is 4.79 Å². The van der Waals surface area contributed by atoms with E-state index >= 15 is 0 Å². The number of carbonyl (C=O) groups is 1. The van der Waals surface area contributed by atoms with Crippen LogP contribution in [0.25, 0.3) is 0 Å². The van der Waals surface area contributed by atoms with Crippen molar-refractivity contribution in [2.45, 2.75) is 73.1 Å². The number of Topliss-reactive ketones (excluding diaryl/α,β-unsaturated/α-hetero) is 1. The first-order chi connectivity index (χ1) is 7.78. The maximum Gasteiger partial charge on any atom is 0.136 e. The van der Waals surface area contributed by atoms with Crippen molar-refractivity contribution >= 4 is 5.78 Å². The molecule has 1 atom stereocenters. The third-order valence-electron chi connectivity index (χ3n) is 3.98. The van der Waals surface area contributed by atoms with Crippen LogP contribution in [0.3, 0.4) is 0 Å². The van der Waals surface area contributed by atoms with Gasteiger partial charge in [0.05, 0.1) is 0 Å². The first kappa shape index (κ1) is 14.7. The van der Waals surface area contributed by atoms with E-state index in [4.69, 9.17) is 0 Å². The van der Waals surface area contributed by atoms with E-state index in [9.17, 15) is 4.79 Å². The fourth-order valence-corrected chi connectivity index (χ4v) is 3.21. The van der Waals surface area contributed by atoms with Crippen LogP contribution in [0.2, 0.25) is 0 Å². The lowest BCUT2D eigenvalue weighted by atomic mass is 9.77. The number of rotatable bonds is 4. The molecule has 1 heteroatoms. The van der Waals surface area contributed by atoms with Gasteiger partial charge < -0.3 is 0 Å². The van der Waals surface area contributed by atoms with Gasteiger partial charge in [-0.1, -0.05) is 47.5 Å². The SMILES string of the molecule is CC1CCC(C(=O)CC(C)CC(C)(C)C)CC1. The molecule has 0 aromatic rings. The normalized spacial score (nSPS) is 27.8. The summed E-state index contributed by atoms with van der Waals surface area (Å²) in [5.74, 6) is 2.30. The molecule has 1 aliphatic carbocycles. The Kier molecular flexibility index (Phi) is 5.22. The van der Waals surface area contributed by atoms with Crippen molar-refractivity contribution in [3.8, 4) is 0 Å². The standard InChI is InChI=1S/C16H30O/c1-12-6-8-14(9-7-12)15(17)10-13(2)11-16(3,4)5/h12-14H,6-11H2,1-5H3. The zero-order chi connectivity index (χ0) is 13.1. The van der Waals surface area contributed by atoms with Crippen molar-refractivity contribution in [3.05, 3.63) is 0 Å². The van der Waals surface area contributed by atoms with E-state index in [1.54, 1.807) is 0 Å². The van der Waals surface area contributed by atoms with Gasteiger partial charge in [0.25, 0.3) is 0 Å². The predicted molar refractivity (Wildman–Crippen MR) is 74.0 cm³/mol. The first-order valence-electron chi connectivity index (χ1n) is 7.30. The Hall–Kier alpha value is -0.330. The molecule has 1 aliphatic rings. The second-order valence-corrected chi connectivity index (χ2v) is 7.50. The largest absolute Gasteiger partial charge is 0.299 e. The van der Waals surface area contributed by atoms with Crippen molar-refractivity contribution in [2.24, 2.45) is 23.2 Å². The highest BCUT2D eigenvalue weighted by molar-refractivity contribution is 5.81. The predicted octanol–water partition coefficient (Wildman–Crippen LogP) is 4.84. The first-order valence-corrected chi connectivity index (χ1v) is 7.30. The average molecular weight is 238 g/mol. The van der Waals surface area contributed by atoms with Crippen molar-refractivity contribution < 1.29 is 4.79 Å². The zero-order valence-electron chi connectivity index (χ0n) is 12.4. The fraction of sp³-hybridized carbons (Fsp3) is 0.938. The molecule has 0 aliphatic heterocycles. The molecule has 0 heterocycles. The molecule has 0 aromatic carbocycles. The summed E-state index contributed by atoms with van der Waals surface area (Å²) in [6, 6.07) is 0. The van der Waals surface area contributed by atoms with Gasteiger partial charge in [0.15, 0.2) is 0 Å². The quantitative estimate of drug-likeness (QED) is 0.684. The molecule has 0 aromatic heterocycles. The van der Waals surface area contributed by atoms with Crippen LogP contribution in [0, 0.1) is 23.2 Å². The highest BCUT2D eigenvalue weighted by Crippen LogP contribution is 2.32. The molecular formula is C16H30O. The summed E-state index contributed by atoms with van der Waals surface area (Å²) in [7, 11) is 0. The van der Waals surface area contributed by atoms with Crippen LogP contribution in [0.15, 0.2) is 0 Å². The molecule has 1 unspecified atom stereocenters. The number of ketones is 1. The summed E-state index contributed by atoms with van der Waals surface area (Å²) < 4.78 is 0. The lowest BCUT2D eigenvalue weighted by Gasteiger charge is -2.27. The third kappa shape index (κ3) is 5.70. The molecule has 1 nitrogen and oxygen atoms in total. The molecule has 100 valence electrons. The smallest absolute Gasteiger partial charge is 0.136 e. The van der Waals surface area contributed by atoms with Crippen molar-refractivity contribution in [1.29, 1.82) is 0 Å². The average Bonchev–Trinajstić information content (AvgIpc) is 2.15. The molecular weight excluding hydrogens is 208 g/mol. The van der Waals surface area contributed by atoms with Crippen LogP contribution >= 0.6 is 0 Å². The molecule has 1 fully saturated rings. The summed E-state index contributed by atoms with van der Waals surface area (Å²) in [5.41, 5.74) is 0.348. The monoisotopic (exact) mass is 238 g/mol. The molecule has 0 bridgehead atoms. The van der Waals surface area contributed by atoms with Crippen LogP contribution in [0.4, 0.5) is 0 Å². The second-order valence-electron chi connectivity index (χ2n) is 7.50. The molecule has 0 spiro atoms. The summed E-state index contributed by atoms with van der Waals surface area (Å²) in [6.45, 7) is 11.3. The number of hydrogen-bond acceptors (Lipinski definition) is 1. The van der Waals surface area contributed by atoms with Gasteiger partial charge in [0.2, 0.25) is 0 Å². The lowest BCUT2D eigenvalue weighted by Crippen LogP contribution is -2.23. The maximum atomic E-state index is 12.2. The minimum absolute atomic E-state index is 0.348. The van der Waals surface area contributed by atoms with Gasteiger partial charge in [-0.2, -0.15) is 0 Å². The molecule has 1 saturated carbocycles. The molecule has 0 radical (unpaired) electrons. The molecule has 17 heavy (non-hydrogen) atoms. The number of hydrogen-bond donors (Lipinski definition) is 0. The van der Waals surface area contributed by atoms with E-state index in [2.05, 4.69) is 34.6 Å². The van der Waals surface area contributed by atoms with Gasteiger partial charge in [-0.15, -0.1) is 0 Å². The molecule has 0 N–H and O–H groups in total. The van der Waals surface area contributed by atoms with Gasteiger partial charge >= 0.3 is 0 Å². The van der Waals surface area contributed by atoms with Gasteiger partial charge in [-0.3, -0.25) is 4.79 Å². The fourth-order valence-electron chi connectivity index (χ4n) is 3.21. The Morgan fingerprint density at radius 3 is 2.18 bits per heavy atom. The van der Waals surface area contributed by atoms with Gasteiger partial charge in [0.1, 0.15) is 5.78 Å². The topological polar surface area (TPSA) is 17.1 Å². The highest BCUT2D eigenvalue weighted by atomic mass is 16.1. The molecule has 1 rings (SSSR count). The van der Waals surface area contributed by atoms with Crippen LogP contribution in [0.5, 0.6) is 0 Å². The van der Waals surface area contributed by atoms with E-state index < -0.39 is 0 Å². The minimum atomic E-state index is 0.348. The molecule has 0 amide bonds. The summed E-state index contributed by atoms with van der Waals surface area (Å²) in [4.78, 5) is 12.2. The van der Waals surface area contributed by atoms with E-state index in [1.165, 1.54) is 12.8 Å². The maximum absolute atomic E-state index is 12.2. The Morgan fingerprint density at radius 2 is 1.71 bits per heavy atom. The van der Waals surface area contributed by atoms with Gasteiger partial charge in [-0.25, -0.2) is 0 Å². The zero-order valence-corrected chi connectivity index (χ0v) is 12.4. The number of carbonyl (C=O) groups excluding carboxylic acids is 1. The van der Waals surface area contributed by atoms with E-state index in [1.807, 2.05) is 0 Å². The van der Waals surface area contributed by atoms with Crippen molar-refractivity contribution in [1.82, 2.24) is 0 Å². The van der Waals surface area contributed by atoms with E-state index in [0.29, 0.717) is 23.0 Å². The molecule has 0 saturated heterocycles. The van der Waals surface area contributed by atoms with Crippen LogP contribution in [0.1, 0.15) is 73.1 Å². The highest BCUT2D eigenvalue weighted by Gasteiger charge is 2.26. The van der Waals surface area contributed by atoms with E-state index in [-0.39, 0.29) is 0 Å². The summed E-state index contributed by atoms with van der Waals surface area (Å²) in [5, 5.41) is 0. The van der Waals surface area contributed by atoms with Crippen molar-refractivity contribution in [2.75, 3.05) is 0 Å². The second kappa shape index (κ2) is 6.02. The van der Waals surface area contributed by atoms with Gasteiger partial charge in [-0.05, 0) is 36.5 Å². The Bertz CT molecular complexity index is 241. The van der Waals surface area contributed by atoms with Crippen LogP contribution < -0.4 is 0 Å². The summed E-state index contributed by atoms with van der Waals surface area (Å²) in [6.07, 6.45) is 6.75. The van der Waals surface area contributed by atoms with Crippen molar-refractivity contribution in [3.63, 3.8) is 0 Å². The van der Waals surface area contributed by atoms with Crippen LogP contribution in [-0.4, -0.2) is 5.78 Å². The third-order valence-corrected chi connectivity index (χ3v) is 3.98. The Morgan fingerprint density at radius 1 is 1.18 bits per heavy atom. The Balaban J connectivity index is 2.33. The van der Waals surface area contributed by atoms with E-state index in [0.717, 1.165) is 31.6 Å². The minimum Gasteiger partial charge on any atom is -0.299 e. The van der Waals surface area contributed by atoms with Gasteiger partial charge in [0, 0.05) is 12.3 Å². The summed E-state index contributed by atoms with van der Waals surface area (Å²) >= 11 is 0. The Labute approximate surface area is 107 Å².